The second-order valence-corrected chi connectivity index (χ2v) is 3.09. The summed E-state index contributed by atoms with van der Waals surface area (Å²) in [5.74, 6) is 0.978. The molecule has 0 fully saturated rings. The Morgan fingerprint density at radius 3 is 2.86 bits per heavy atom. The van der Waals surface area contributed by atoms with Crippen LogP contribution < -0.4 is 4.74 Å². The molecule has 0 amide bonds. The van der Waals surface area contributed by atoms with Crippen LogP contribution in [-0.2, 0) is 0 Å². The molecule has 3 heteroatoms. The van der Waals surface area contributed by atoms with Crippen LogP contribution in [0, 0.1) is 6.92 Å². The predicted octanol–water partition coefficient (Wildman–Crippen LogP) is 2.56. The molecule has 2 aromatic rings. The third-order valence-corrected chi connectivity index (χ3v) is 2.22. The van der Waals surface area contributed by atoms with Gasteiger partial charge in [0.2, 0.25) is 0 Å². The molecule has 1 heterocycles. The van der Waals surface area contributed by atoms with Gasteiger partial charge in [0, 0.05) is 5.39 Å². The molecule has 0 radical (unpaired) electrons. The predicted molar refractivity (Wildman–Crippen MR) is 52.9 cm³/mol. The minimum atomic E-state index is 0.326. The molecule has 0 saturated carbocycles. The van der Waals surface area contributed by atoms with Crippen LogP contribution >= 0.6 is 0 Å². The van der Waals surface area contributed by atoms with Gasteiger partial charge in [-0.2, -0.15) is 0 Å². The van der Waals surface area contributed by atoms with Gasteiger partial charge in [-0.25, -0.2) is 0 Å². The summed E-state index contributed by atoms with van der Waals surface area (Å²) in [6.07, 6.45) is 0.693. The lowest BCUT2D eigenvalue weighted by molar-refractivity contribution is 0.110. The largest absolute Gasteiger partial charge is 0.493 e. The lowest BCUT2D eigenvalue weighted by Crippen LogP contribution is -1.83. The molecule has 0 N–H and O–H groups in total. The van der Waals surface area contributed by atoms with E-state index >= 15 is 0 Å². The van der Waals surface area contributed by atoms with Crippen molar-refractivity contribution in [2.45, 2.75) is 6.92 Å². The number of hydrogen-bond acceptors (Lipinski definition) is 3. The molecule has 0 unspecified atom stereocenters. The van der Waals surface area contributed by atoms with E-state index in [9.17, 15) is 4.79 Å². The molecule has 0 spiro atoms. The van der Waals surface area contributed by atoms with Crippen molar-refractivity contribution in [2.75, 3.05) is 7.11 Å². The lowest BCUT2D eigenvalue weighted by Gasteiger charge is -2.01. The number of benzene rings is 1. The molecule has 0 saturated heterocycles. The van der Waals surface area contributed by atoms with Crippen molar-refractivity contribution in [2.24, 2.45) is 0 Å². The number of carbonyl (C=O) groups is 1. The number of aldehydes is 1. The van der Waals surface area contributed by atoms with Crippen molar-refractivity contribution >= 4 is 17.3 Å². The summed E-state index contributed by atoms with van der Waals surface area (Å²) in [6.45, 7) is 1.96. The fraction of sp³-hybridized carbons (Fsp3) is 0.182. The maximum atomic E-state index is 10.6. The van der Waals surface area contributed by atoms with E-state index in [0.717, 1.165) is 10.9 Å². The van der Waals surface area contributed by atoms with Crippen LogP contribution in [0.2, 0.25) is 0 Å². The van der Waals surface area contributed by atoms with E-state index in [1.165, 1.54) is 0 Å². The minimum absolute atomic E-state index is 0.326. The summed E-state index contributed by atoms with van der Waals surface area (Å²) >= 11 is 0. The quantitative estimate of drug-likeness (QED) is 0.683. The number of aryl methyl sites for hydroxylation is 1. The first kappa shape index (κ1) is 8.81. The van der Waals surface area contributed by atoms with Gasteiger partial charge in [0.25, 0.3) is 0 Å². The third kappa shape index (κ3) is 1.18. The van der Waals surface area contributed by atoms with Crippen LogP contribution in [0.3, 0.4) is 0 Å². The first-order valence-electron chi connectivity index (χ1n) is 4.28. The number of methoxy groups -OCH3 is 1. The average molecular weight is 190 g/mol. The Morgan fingerprint density at radius 2 is 2.21 bits per heavy atom. The molecule has 72 valence electrons. The summed E-state index contributed by atoms with van der Waals surface area (Å²) in [5, 5.41) is 0.923. The first-order chi connectivity index (χ1) is 6.76. The van der Waals surface area contributed by atoms with E-state index < -0.39 is 0 Å². The Balaban J connectivity index is 2.81. The summed E-state index contributed by atoms with van der Waals surface area (Å²) in [7, 11) is 1.58. The van der Waals surface area contributed by atoms with E-state index in [0.29, 0.717) is 23.4 Å². The number of hydrogen-bond donors (Lipinski definition) is 0. The third-order valence-electron chi connectivity index (χ3n) is 2.22. The topological polar surface area (TPSA) is 39.4 Å². The zero-order chi connectivity index (χ0) is 10.1. The average Bonchev–Trinajstić information content (AvgIpc) is 2.63. The van der Waals surface area contributed by atoms with Crippen LogP contribution in [0.4, 0.5) is 0 Å². The van der Waals surface area contributed by atoms with Crippen LogP contribution in [0.25, 0.3) is 11.0 Å². The van der Waals surface area contributed by atoms with Gasteiger partial charge in [-0.15, -0.1) is 0 Å². The molecule has 3 nitrogen and oxygen atoms in total. The molecule has 0 bridgehead atoms. The maximum Gasteiger partial charge on any atom is 0.185 e. The molecule has 14 heavy (non-hydrogen) atoms. The second-order valence-electron chi connectivity index (χ2n) is 3.09. The van der Waals surface area contributed by atoms with E-state index in [1.54, 1.807) is 13.2 Å². The number of ether oxygens (including phenoxy) is 1. The summed E-state index contributed by atoms with van der Waals surface area (Å²) in [4.78, 5) is 10.6. The van der Waals surface area contributed by atoms with Gasteiger partial charge in [-0.3, -0.25) is 4.79 Å². The Kier molecular flexibility index (Phi) is 2.00. The summed E-state index contributed by atoms with van der Waals surface area (Å²) < 4.78 is 10.5. The van der Waals surface area contributed by atoms with E-state index in [1.807, 2.05) is 19.1 Å². The van der Waals surface area contributed by atoms with Crippen molar-refractivity contribution in [1.29, 1.82) is 0 Å². The zero-order valence-corrected chi connectivity index (χ0v) is 8.03. The van der Waals surface area contributed by atoms with Gasteiger partial charge in [0.15, 0.2) is 23.4 Å². The second kappa shape index (κ2) is 3.18. The van der Waals surface area contributed by atoms with Crippen molar-refractivity contribution in [1.82, 2.24) is 0 Å². The SMILES string of the molecule is COc1ccc(C)c2cc(C=O)oc12. The molecular formula is C11H10O3. The van der Waals surface area contributed by atoms with Crippen LogP contribution in [0.5, 0.6) is 5.75 Å². The van der Waals surface area contributed by atoms with E-state index in [-0.39, 0.29) is 0 Å². The van der Waals surface area contributed by atoms with E-state index in [4.69, 9.17) is 9.15 Å². The Labute approximate surface area is 81.3 Å². The Morgan fingerprint density at radius 1 is 1.43 bits per heavy atom. The molecule has 2 rings (SSSR count). The van der Waals surface area contributed by atoms with Crippen molar-refractivity contribution < 1.29 is 13.9 Å². The smallest absolute Gasteiger partial charge is 0.185 e. The molecular weight excluding hydrogens is 180 g/mol. The normalized spacial score (nSPS) is 10.4. The maximum absolute atomic E-state index is 10.6. The number of carbonyl (C=O) groups excluding carboxylic acids is 1. The van der Waals surface area contributed by atoms with Gasteiger partial charge in [0.1, 0.15) is 0 Å². The standard InChI is InChI=1S/C11H10O3/c1-7-3-4-10(13-2)11-9(7)5-8(6-12)14-11/h3-6H,1-2H3. The fourth-order valence-corrected chi connectivity index (χ4v) is 1.47. The number of fused-ring (bicyclic) bond motifs is 1. The van der Waals surface area contributed by atoms with E-state index in [2.05, 4.69) is 0 Å². The Bertz CT molecular complexity index is 482. The highest BCUT2D eigenvalue weighted by Crippen LogP contribution is 2.30. The highest BCUT2D eigenvalue weighted by atomic mass is 16.5. The zero-order valence-electron chi connectivity index (χ0n) is 8.03. The van der Waals surface area contributed by atoms with Gasteiger partial charge >= 0.3 is 0 Å². The van der Waals surface area contributed by atoms with Crippen molar-refractivity contribution in [3.63, 3.8) is 0 Å². The molecule has 0 aliphatic rings. The molecule has 1 aromatic heterocycles. The van der Waals surface area contributed by atoms with Crippen LogP contribution in [0.1, 0.15) is 16.1 Å². The molecule has 1 aromatic carbocycles. The molecule has 0 aliphatic carbocycles. The highest BCUT2D eigenvalue weighted by Gasteiger charge is 2.09. The highest BCUT2D eigenvalue weighted by molar-refractivity contribution is 5.90. The lowest BCUT2D eigenvalue weighted by atomic mass is 10.1. The van der Waals surface area contributed by atoms with Crippen molar-refractivity contribution in [3.05, 3.63) is 29.5 Å². The summed E-state index contributed by atoms with van der Waals surface area (Å²) in [6, 6.07) is 5.49. The van der Waals surface area contributed by atoms with Gasteiger partial charge in [0.05, 0.1) is 7.11 Å². The minimum Gasteiger partial charge on any atom is -0.493 e. The van der Waals surface area contributed by atoms with Gasteiger partial charge in [-0.05, 0) is 24.6 Å². The fourth-order valence-electron chi connectivity index (χ4n) is 1.47. The van der Waals surface area contributed by atoms with Gasteiger partial charge < -0.3 is 9.15 Å². The molecule has 0 atom stereocenters. The summed E-state index contributed by atoms with van der Waals surface area (Å²) in [5.41, 5.74) is 1.70. The Hall–Kier alpha value is -1.77. The monoisotopic (exact) mass is 190 g/mol. The van der Waals surface area contributed by atoms with Crippen molar-refractivity contribution in [3.8, 4) is 5.75 Å². The van der Waals surface area contributed by atoms with Crippen LogP contribution in [-0.4, -0.2) is 13.4 Å². The number of furan rings is 1. The first-order valence-corrected chi connectivity index (χ1v) is 4.28. The number of rotatable bonds is 2. The van der Waals surface area contributed by atoms with Crippen LogP contribution in [0.15, 0.2) is 22.6 Å². The molecule has 0 aliphatic heterocycles. The van der Waals surface area contributed by atoms with Gasteiger partial charge in [-0.1, -0.05) is 6.07 Å².